The van der Waals surface area contributed by atoms with Crippen molar-refractivity contribution in [1.29, 1.82) is 0 Å². The monoisotopic (exact) mass is 382 g/mol. The van der Waals surface area contributed by atoms with Gasteiger partial charge in [-0.25, -0.2) is 4.79 Å². The third kappa shape index (κ3) is 3.02. The van der Waals surface area contributed by atoms with Crippen molar-refractivity contribution in [2.45, 2.75) is 32.2 Å². The van der Waals surface area contributed by atoms with E-state index in [0.717, 1.165) is 6.42 Å². The summed E-state index contributed by atoms with van der Waals surface area (Å²) in [6.07, 6.45) is 0.836. The van der Waals surface area contributed by atoms with Crippen LogP contribution in [0.2, 0.25) is 0 Å². The Kier molecular flexibility index (Phi) is 4.98. The van der Waals surface area contributed by atoms with Crippen LogP contribution >= 0.6 is 0 Å². The first-order chi connectivity index (χ1) is 13.5. The van der Waals surface area contributed by atoms with Crippen LogP contribution in [0, 0.1) is 19.8 Å². The van der Waals surface area contributed by atoms with Crippen molar-refractivity contribution in [3.63, 3.8) is 0 Å². The summed E-state index contributed by atoms with van der Waals surface area (Å²) >= 11 is 0. The zero-order chi connectivity index (χ0) is 19.8. The Hall–Kier alpha value is -2.60. The molecule has 1 aromatic heterocycles. The molecule has 0 bridgehead atoms. The van der Waals surface area contributed by atoms with Crippen LogP contribution in [-0.2, 0) is 9.47 Å². The Bertz CT molecular complexity index is 889. The molecule has 0 spiro atoms. The molecule has 0 saturated carbocycles. The van der Waals surface area contributed by atoms with Crippen LogP contribution in [-0.4, -0.2) is 54.7 Å². The van der Waals surface area contributed by atoms with Crippen LogP contribution in [0.25, 0.3) is 0 Å². The van der Waals surface area contributed by atoms with Gasteiger partial charge in [0.2, 0.25) is 0 Å². The number of aromatic nitrogens is 1. The molecule has 4 rings (SSSR count). The lowest BCUT2D eigenvalue weighted by atomic mass is 9.84. The minimum absolute atomic E-state index is 0.0499. The van der Waals surface area contributed by atoms with Gasteiger partial charge in [-0.15, -0.1) is 0 Å². The van der Waals surface area contributed by atoms with E-state index in [9.17, 15) is 9.59 Å². The maximum atomic E-state index is 13.5. The van der Waals surface area contributed by atoms with Gasteiger partial charge in [0.1, 0.15) is 5.69 Å². The first-order valence-electron chi connectivity index (χ1n) is 9.74. The fourth-order valence-electron chi connectivity index (χ4n) is 4.80. The lowest BCUT2D eigenvalue weighted by Gasteiger charge is -2.32. The number of nitrogens with zero attached hydrogens (tertiary/aromatic N) is 1. The molecular formula is C22H26N2O4. The predicted molar refractivity (Wildman–Crippen MR) is 105 cm³/mol. The molecule has 3 heterocycles. The molecule has 2 aliphatic heterocycles. The molecule has 2 fully saturated rings. The minimum atomic E-state index is -0.419. The number of aryl methyl sites for hydroxylation is 1. The molecule has 1 N–H and O–H groups in total. The minimum Gasteiger partial charge on any atom is -0.465 e. The van der Waals surface area contributed by atoms with Crippen molar-refractivity contribution < 1.29 is 19.1 Å². The van der Waals surface area contributed by atoms with Gasteiger partial charge >= 0.3 is 5.97 Å². The molecule has 28 heavy (non-hydrogen) atoms. The number of methoxy groups -OCH3 is 1. The Morgan fingerprint density at radius 3 is 2.68 bits per heavy atom. The summed E-state index contributed by atoms with van der Waals surface area (Å²) in [5.74, 6) is 0.0762. The molecule has 2 saturated heterocycles. The van der Waals surface area contributed by atoms with Crippen molar-refractivity contribution in [2.75, 3.05) is 26.9 Å². The predicted octanol–water partition coefficient (Wildman–Crippen LogP) is 3.06. The van der Waals surface area contributed by atoms with E-state index in [0.29, 0.717) is 42.3 Å². The molecular weight excluding hydrogens is 356 g/mol. The molecule has 148 valence electrons. The van der Waals surface area contributed by atoms with Gasteiger partial charge in [-0.2, -0.15) is 0 Å². The zero-order valence-corrected chi connectivity index (χ0v) is 16.5. The van der Waals surface area contributed by atoms with Gasteiger partial charge in [0.15, 0.2) is 0 Å². The van der Waals surface area contributed by atoms with E-state index in [-0.39, 0.29) is 23.8 Å². The van der Waals surface area contributed by atoms with E-state index in [2.05, 4.69) is 17.1 Å². The van der Waals surface area contributed by atoms with Crippen molar-refractivity contribution in [2.24, 2.45) is 5.92 Å². The number of amides is 1. The number of likely N-dealkylation sites (tertiary alicyclic amines) is 1. The summed E-state index contributed by atoms with van der Waals surface area (Å²) in [4.78, 5) is 30.7. The number of benzene rings is 1. The van der Waals surface area contributed by atoms with E-state index in [4.69, 9.17) is 9.47 Å². The number of fused-ring (bicyclic) bond motifs is 1. The molecule has 6 heteroatoms. The number of rotatable bonds is 3. The Balaban J connectivity index is 1.67. The fourth-order valence-corrected chi connectivity index (χ4v) is 4.80. The van der Waals surface area contributed by atoms with Gasteiger partial charge in [0.05, 0.1) is 19.3 Å². The number of hydrogen-bond donors (Lipinski definition) is 1. The second-order valence-electron chi connectivity index (χ2n) is 7.69. The van der Waals surface area contributed by atoms with Gasteiger partial charge < -0.3 is 19.4 Å². The van der Waals surface area contributed by atoms with Crippen molar-refractivity contribution in [3.05, 3.63) is 58.4 Å². The molecule has 0 radical (unpaired) electrons. The number of ether oxygens (including phenoxy) is 2. The van der Waals surface area contributed by atoms with Crippen LogP contribution in [0.4, 0.5) is 0 Å². The average molecular weight is 382 g/mol. The summed E-state index contributed by atoms with van der Waals surface area (Å²) in [5, 5.41) is 0. The van der Waals surface area contributed by atoms with Gasteiger partial charge in [-0.05, 0) is 31.4 Å². The van der Waals surface area contributed by atoms with Crippen LogP contribution in [0.3, 0.4) is 0 Å². The molecule has 2 aliphatic rings. The van der Waals surface area contributed by atoms with E-state index in [1.165, 1.54) is 12.7 Å². The number of hydrogen-bond acceptors (Lipinski definition) is 4. The quantitative estimate of drug-likeness (QED) is 0.828. The first kappa shape index (κ1) is 18.7. The SMILES string of the molecule is COC(=O)c1c(C)[nH]c(C(=O)N2CC(c3ccccc3)C3COCCC32)c1C. The summed E-state index contributed by atoms with van der Waals surface area (Å²) < 4.78 is 10.6. The maximum absolute atomic E-state index is 13.5. The average Bonchev–Trinajstić information content (AvgIpc) is 3.25. The van der Waals surface area contributed by atoms with Gasteiger partial charge in [-0.3, -0.25) is 4.79 Å². The number of carbonyl (C=O) groups excluding carboxylic acids is 2. The number of esters is 1. The third-order valence-electron chi connectivity index (χ3n) is 6.20. The van der Waals surface area contributed by atoms with E-state index >= 15 is 0 Å². The highest BCUT2D eigenvalue weighted by atomic mass is 16.5. The smallest absolute Gasteiger partial charge is 0.339 e. The summed E-state index contributed by atoms with van der Waals surface area (Å²) in [5.41, 5.74) is 3.49. The van der Waals surface area contributed by atoms with Gasteiger partial charge in [0.25, 0.3) is 5.91 Å². The van der Waals surface area contributed by atoms with Crippen molar-refractivity contribution >= 4 is 11.9 Å². The van der Waals surface area contributed by atoms with E-state index < -0.39 is 5.97 Å². The number of H-pyrrole nitrogens is 1. The van der Waals surface area contributed by atoms with Crippen LogP contribution < -0.4 is 0 Å². The highest BCUT2D eigenvalue weighted by Gasteiger charge is 2.46. The van der Waals surface area contributed by atoms with Crippen LogP contribution in [0.1, 0.15) is 50.0 Å². The van der Waals surface area contributed by atoms with Crippen molar-refractivity contribution in [1.82, 2.24) is 9.88 Å². The Labute approximate surface area is 164 Å². The summed E-state index contributed by atoms with van der Waals surface area (Å²) in [7, 11) is 1.35. The number of nitrogens with one attached hydrogen (secondary N) is 1. The summed E-state index contributed by atoms with van der Waals surface area (Å²) in [6, 6.07) is 10.5. The molecule has 6 nitrogen and oxygen atoms in total. The molecule has 2 aromatic rings. The molecule has 3 unspecified atom stereocenters. The van der Waals surface area contributed by atoms with Crippen LogP contribution in [0.15, 0.2) is 30.3 Å². The number of aromatic amines is 1. The Morgan fingerprint density at radius 2 is 1.96 bits per heavy atom. The van der Waals surface area contributed by atoms with Gasteiger partial charge in [-0.1, -0.05) is 30.3 Å². The van der Waals surface area contributed by atoms with E-state index in [1.54, 1.807) is 13.8 Å². The van der Waals surface area contributed by atoms with E-state index in [1.807, 2.05) is 23.1 Å². The van der Waals surface area contributed by atoms with Crippen molar-refractivity contribution in [3.8, 4) is 0 Å². The number of carbonyl (C=O) groups is 2. The molecule has 1 amide bonds. The highest BCUT2D eigenvalue weighted by Crippen LogP contribution is 2.41. The maximum Gasteiger partial charge on any atom is 0.339 e. The second-order valence-corrected chi connectivity index (χ2v) is 7.69. The second kappa shape index (κ2) is 7.43. The molecule has 3 atom stereocenters. The molecule has 0 aliphatic carbocycles. The standard InChI is InChI=1S/C22H26N2O4/c1-13-19(22(26)27-3)14(2)23-20(13)21(25)24-11-16(15-7-5-4-6-8-15)17-12-28-10-9-18(17)24/h4-8,16-18,23H,9-12H2,1-3H3. The zero-order valence-electron chi connectivity index (χ0n) is 16.5. The topological polar surface area (TPSA) is 71.6 Å². The normalized spacial score (nSPS) is 24.1. The largest absolute Gasteiger partial charge is 0.465 e. The molecule has 1 aromatic carbocycles. The van der Waals surface area contributed by atoms with Crippen LogP contribution in [0.5, 0.6) is 0 Å². The highest BCUT2D eigenvalue weighted by molar-refractivity contribution is 6.00. The summed E-state index contributed by atoms with van der Waals surface area (Å²) in [6.45, 7) is 5.60. The third-order valence-corrected chi connectivity index (χ3v) is 6.20. The Morgan fingerprint density at radius 1 is 1.21 bits per heavy atom. The van der Waals surface area contributed by atoms with Gasteiger partial charge in [0, 0.05) is 36.7 Å². The fraction of sp³-hybridized carbons (Fsp3) is 0.455. The first-order valence-corrected chi connectivity index (χ1v) is 9.74. The lowest BCUT2D eigenvalue weighted by molar-refractivity contribution is 0.0187. The lowest BCUT2D eigenvalue weighted by Crippen LogP contribution is -2.42.